The maximum atomic E-state index is 13.2. The normalized spacial score (nSPS) is 21.4. The molecule has 0 aliphatic carbocycles. The number of piperazine rings is 1. The highest BCUT2D eigenvalue weighted by Gasteiger charge is 2.32. The standard InChI is InChI=1S/C22H32N4O4S/c27-21(24-10-6-7-11-24)18-23-14-16-25(17-15-23)22(28)19-8-2-3-9-20(19)31(29,30)26-12-4-1-5-13-26/h2-3,8-9H,1,4-7,10-18H2. The molecule has 3 fully saturated rings. The Kier molecular flexibility index (Phi) is 6.93. The minimum atomic E-state index is -3.69. The first-order valence-corrected chi connectivity index (χ1v) is 12.8. The lowest BCUT2D eigenvalue weighted by Crippen LogP contribution is -2.51. The Balaban J connectivity index is 1.41. The molecule has 4 rings (SSSR count). The summed E-state index contributed by atoms with van der Waals surface area (Å²) < 4.78 is 27.9. The van der Waals surface area contributed by atoms with E-state index in [2.05, 4.69) is 4.90 Å². The van der Waals surface area contributed by atoms with Gasteiger partial charge in [0.25, 0.3) is 5.91 Å². The molecule has 2 amide bonds. The van der Waals surface area contributed by atoms with E-state index in [0.717, 1.165) is 45.2 Å². The van der Waals surface area contributed by atoms with Crippen molar-refractivity contribution in [2.75, 3.05) is 58.9 Å². The largest absolute Gasteiger partial charge is 0.342 e. The predicted molar refractivity (Wildman–Crippen MR) is 117 cm³/mol. The van der Waals surface area contributed by atoms with Crippen LogP contribution in [0.4, 0.5) is 0 Å². The van der Waals surface area contributed by atoms with E-state index < -0.39 is 10.0 Å². The Labute approximate surface area is 184 Å². The molecule has 9 heteroatoms. The maximum absolute atomic E-state index is 13.2. The Bertz CT molecular complexity index is 900. The summed E-state index contributed by atoms with van der Waals surface area (Å²) >= 11 is 0. The van der Waals surface area contributed by atoms with Crippen molar-refractivity contribution >= 4 is 21.8 Å². The molecular weight excluding hydrogens is 416 g/mol. The molecule has 0 saturated carbocycles. The highest BCUT2D eigenvalue weighted by Crippen LogP contribution is 2.25. The molecule has 8 nitrogen and oxygen atoms in total. The summed E-state index contributed by atoms with van der Waals surface area (Å²) in [4.78, 5) is 31.4. The molecule has 170 valence electrons. The Morgan fingerprint density at radius 1 is 0.742 bits per heavy atom. The first-order chi connectivity index (χ1) is 15.0. The van der Waals surface area contributed by atoms with Gasteiger partial charge < -0.3 is 9.80 Å². The first kappa shape index (κ1) is 22.2. The molecular formula is C22H32N4O4S. The van der Waals surface area contributed by atoms with E-state index in [0.29, 0.717) is 45.8 Å². The van der Waals surface area contributed by atoms with Crippen LogP contribution in [0.1, 0.15) is 42.5 Å². The number of hydrogen-bond donors (Lipinski definition) is 0. The van der Waals surface area contributed by atoms with E-state index in [9.17, 15) is 18.0 Å². The van der Waals surface area contributed by atoms with Crippen LogP contribution < -0.4 is 0 Å². The lowest BCUT2D eigenvalue weighted by atomic mass is 10.2. The van der Waals surface area contributed by atoms with Gasteiger partial charge in [-0.3, -0.25) is 14.5 Å². The van der Waals surface area contributed by atoms with Crippen LogP contribution in [0.15, 0.2) is 29.2 Å². The van der Waals surface area contributed by atoms with Crippen molar-refractivity contribution < 1.29 is 18.0 Å². The lowest BCUT2D eigenvalue weighted by Gasteiger charge is -2.35. The summed E-state index contributed by atoms with van der Waals surface area (Å²) in [5, 5.41) is 0. The minimum Gasteiger partial charge on any atom is -0.342 e. The number of carbonyl (C=O) groups excluding carboxylic acids is 2. The Hall–Kier alpha value is -1.97. The van der Waals surface area contributed by atoms with Crippen LogP contribution >= 0.6 is 0 Å². The number of sulfonamides is 1. The summed E-state index contributed by atoms with van der Waals surface area (Å²) in [6, 6.07) is 6.55. The number of piperidine rings is 1. The van der Waals surface area contributed by atoms with Crippen LogP contribution in [0.25, 0.3) is 0 Å². The molecule has 1 aromatic rings. The van der Waals surface area contributed by atoms with E-state index in [4.69, 9.17) is 0 Å². The van der Waals surface area contributed by atoms with Gasteiger partial charge >= 0.3 is 0 Å². The van der Waals surface area contributed by atoms with E-state index in [1.807, 2.05) is 4.90 Å². The van der Waals surface area contributed by atoms with Crippen molar-refractivity contribution in [2.24, 2.45) is 0 Å². The highest BCUT2D eigenvalue weighted by molar-refractivity contribution is 7.89. The smallest absolute Gasteiger partial charge is 0.255 e. The number of likely N-dealkylation sites (tertiary alicyclic amines) is 1. The molecule has 3 aliphatic heterocycles. The van der Waals surface area contributed by atoms with E-state index in [1.54, 1.807) is 29.2 Å². The van der Waals surface area contributed by atoms with E-state index in [1.165, 1.54) is 4.31 Å². The quantitative estimate of drug-likeness (QED) is 0.677. The average molecular weight is 449 g/mol. The zero-order valence-electron chi connectivity index (χ0n) is 18.0. The number of rotatable bonds is 5. The van der Waals surface area contributed by atoms with Gasteiger partial charge in [0.15, 0.2) is 0 Å². The zero-order chi connectivity index (χ0) is 21.8. The van der Waals surface area contributed by atoms with Gasteiger partial charge in [0.1, 0.15) is 0 Å². The number of carbonyl (C=O) groups is 2. The van der Waals surface area contributed by atoms with Crippen LogP contribution in [-0.2, 0) is 14.8 Å². The molecule has 0 unspecified atom stereocenters. The molecule has 0 atom stereocenters. The van der Waals surface area contributed by atoms with Gasteiger partial charge in [-0.25, -0.2) is 8.42 Å². The third-order valence-corrected chi connectivity index (χ3v) is 8.48. The predicted octanol–water partition coefficient (Wildman–Crippen LogP) is 1.24. The van der Waals surface area contributed by atoms with Gasteiger partial charge in [-0.05, 0) is 37.8 Å². The fourth-order valence-corrected chi connectivity index (χ4v) is 6.35. The van der Waals surface area contributed by atoms with Gasteiger partial charge in [0.05, 0.1) is 17.0 Å². The van der Waals surface area contributed by atoms with Crippen molar-refractivity contribution in [2.45, 2.75) is 37.0 Å². The van der Waals surface area contributed by atoms with Crippen LogP contribution in [0, 0.1) is 0 Å². The molecule has 0 N–H and O–H groups in total. The van der Waals surface area contributed by atoms with Crippen molar-refractivity contribution in [3.05, 3.63) is 29.8 Å². The number of hydrogen-bond acceptors (Lipinski definition) is 5. The number of amides is 2. The fraction of sp³-hybridized carbons (Fsp3) is 0.636. The van der Waals surface area contributed by atoms with Crippen molar-refractivity contribution in [1.82, 2.24) is 19.0 Å². The molecule has 3 heterocycles. The second-order valence-corrected chi connectivity index (χ2v) is 10.5. The van der Waals surface area contributed by atoms with E-state index >= 15 is 0 Å². The molecule has 0 radical (unpaired) electrons. The van der Waals surface area contributed by atoms with Gasteiger partial charge in [0, 0.05) is 52.4 Å². The minimum absolute atomic E-state index is 0.105. The summed E-state index contributed by atoms with van der Waals surface area (Å²) in [6.45, 7) is 5.32. The van der Waals surface area contributed by atoms with E-state index in [-0.39, 0.29) is 22.3 Å². The third-order valence-electron chi connectivity index (χ3n) is 6.53. The lowest BCUT2D eigenvalue weighted by molar-refractivity contribution is -0.131. The molecule has 31 heavy (non-hydrogen) atoms. The van der Waals surface area contributed by atoms with Crippen LogP contribution in [0.5, 0.6) is 0 Å². The summed E-state index contributed by atoms with van der Waals surface area (Å²) in [5.74, 6) is -0.0862. The van der Waals surface area contributed by atoms with Crippen LogP contribution in [-0.4, -0.2) is 98.1 Å². The summed E-state index contributed by atoms with van der Waals surface area (Å²) in [6.07, 6.45) is 4.90. The SMILES string of the molecule is O=C(CN1CCN(C(=O)c2ccccc2S(=O)(=O)N2CCCCC2)CC1)N1CCCC1. The van der Waals surface area contributed by atoms with Gasteiger partial charge in [-0.15, -0.1) is 0 Å². The molecule has 0 spiro atoms. The van der Waals surface area contributed by atoms with Gasteiger partial charge in [0.2, 0.25) is 15.9 Å². The molecule has 1 aromatic carbocycles. The number of benzene rings is 1. The third kappa shape index (κ3) is 4.94. The molecule has 0 aromatic heterocycles. The van der Waals surface area contributed by atoms with Crippen molar-refractivity contribution in [3.63, 3.8) is 0 Å². The zero-order valence-corrected chi connectivity index (χ0v) is 18.9. The van der Waals surface area contributed by atoms with Crippen molar-refractivity contribution in [1.29, 1.82) is 0 Å². The monoisotopic (exact) mass is 448 g/mol. The second kappa shape index (κ2) is 9.67. The van der Waals surface area contributed by atoms with Crippen LogP contribution in [0.3, 0.4) is 0 Å². The number of nitrogens with zero attached hydrogens (tertiary/aromatic N) is 4. The Morgan fingerprint density at radius 3 is 2.03 bits per heavy atom. The van der Waals surface area contributed by atoms with Crippen molar-refractivity contribution in [3.8, 4) is 0 Å². The Morgan fingerprint density at radius 2 is 1.35 bits per heavy atom. The average Bonchev–Trinajstić information content (AvgIpc) is 3.35. The van der Waals surface area contributed by atoms with Gasteiger partial charge in [-0.2, -0.15) is 4.31 Å². The molecule has 3 saturated heterocycles. The summed E-state index contributed by atoms with van der Waals surface area (Å²) in [5.41, 5.74) is 0.245. The molecule has 3 aliphatic rings. The molecule has 0 bridgehead atoms. The topological polar surface area (TPSA) is 81.2 Å². The second-order valence-electron chi connectivity index (χ2n) is 8.62. The van der Waals surface area contributed by atoms with Crippen LogP contribution in [0.2, 0.25) is 0 Å². The fourth-order valence-electron chi connectivity index (χ4n) is 4.65. The summed E-state index contributed by atoms with van der Waals surface area (Å²) in [7, 11) is -3.69. The van der Waals surface area contributed by atoms with Gasteiger partial charge in [-0.1, -0.05) is 18.6 Å². The highest BCUT2D eigenvalue weighted by atomic mass is 32.2. The first-order valence-electron chi connectivity index (χ1n) is 11.4. The maximum Gasteiger partial charge on any atom is 0.255 e.